The zero-order valence-electron chi connectivity index (χ0n) is 12.2. The fourth-order valence-corrected chi connectivity index (χ4v) is 2.88. The first-order valence-corrected chi connectivity index (χ1v) is 7.41. The third-order valence-electron chi connectivity index (χ3n) is 4.01. The third-order valence-corrected chi connectivity index (χ3v) is 4.01. The second-order valence-corrected chi connectivity index (χ2v) is 5.43. The number of pyridine rings is 1. The molecule has 0 atom stereocenters. The van der Waals surface area contributed by atoms with E-state index in [1.165, 1.54) is 0 Å². The highest BCUT2D eigenvalue weighted by atomic mass is 16.5. The standard InChI is InChI=1S/C16H18N4O2/c17-11-1-2-15-13(9-11)19-16-12(10-22-15)14(3-4-18-16)20-5-7-21-8-6-20/h1-4,9H,5-8,10,17H2,(H,18,19). The third kappa shape index (κ3) is 2.31. The Morgan fingerprint density at radius 2 is 2.05 bits per heavy atom. The summed E-state index contributed by atoms with van der Waals surface area (Å²) >= 11 is 0. The molecule has 1 aromatic heterocycles. The Hall–Kier alpha value is -2.47. The van der Waals surface area contributed by atoms with Crippen LogP contribution in [0.3, 0.4) is 0 Å². The maximum absolute atomic E-state index is 5.95. The van der Waals surface area contributed by atoms with Crippen LogP contribution in [-0.2, 0) is 11.3 Å². The number of benzene rings is 1. The number of hydrogen-bond acceptors (Lipinski definition) is 6. The van der Waals surface area contributed by atoms with Crippen molar-refractivity contribution in [2.45, 2.75) is 6.61 Å². The zero-order chi connectivity index (χ0) is 14.9. The van der Waals surface area contributed by atoms with Crippen LogP contribution >= 0.6 is 0 Å². The van der Waals surface area contributed by atoms with Gasteiger partial charge in [0.2, 0.25) is 0 Å². The van der Waals surface area contributed by atoms with E-state index in [0.29, 0.717) is 12.3 Å². The lowest BCUT2D eigenvalue weighted by Crippen LogP contribution is -2.37. The van der Waals surface area contributed by atoms with E-state index in [1.807, 2.05) is 30.5 Å². The molecule has 4 rings (SSSR count). The molecule has 3 N–H and O–H groups in total. The summed E-state index contributed by atoms with van der Waals surface area (Å²) in [6.45, 7) is 3.76. The predicted molar refractivity (Wildman–Crippen MR) is 85.7 cm³/mol. The average molecular weight is 298 g/mol. The zero-order valence-corrected chi connectivity index (χ0v) is 12.2. The van der Waals surface area contributed by atoms with E-state index in [-0.39, 0.29) is 0 Å². The summed E-state index contributed by atoms with van der Waals surface area (Å²) in [6.07, 6.45) is 1.83. The monoisotopic (exact) mass is 298 g/mol. The molecule has 2 aliphatic heterocycles. The van der Waals surface area contributed by atoms with Crippen LogP contribution < -0.4 is 20.7 Å². The van der Waals surface area contributed by atoms with Gasteiger partial charge in [0.15, 0.2) is 0 Å². The molecule has 114 valence electrons. The molecule has 1 aromatic carbocycles. The summed E-state index contributed by atoms with van der Waals surface area (Å²) in [5.74, 6) is 1.62. The van der Waals surface area contributed by atoms with E-state index >= 15 is 0 Å². The molecule has 1 fully saturated rings. The summed E-state index contributed by atoms with van der Waals surface area (Å²) < 4.78 is 11.4. The van der Waals surface area contributed by atoms with Gasteiger partial charge in [-0.2, -0.15) is 0 Å². The number of nitrogens with one attached hydrogen (secondary N) is 1. The quantitative estimate of drug-likeness (QED) is 0.786. The lowest BCUT2D eigenvalue weighted by atomic mass is 10.2. The highest BCUT2D eigenvalue weighted by molar-refractivity contribution is 5.74. The molecule has 0 saturated carbocycles. The molecule has 22 heavy (non-hydrogen) atoms. The lowest BCUT2D eigenvalue weighted by molar-refractivity contribution is 0.122. The van der Waals surface area contributed by atoms with Crippen LogP contribution in [0.5, 0.6) is 5.75 Å². The SMILES string of the molecule is Nc1ccc2c(c1)Nc1nccc(N3CCOCC3)c1CO2. The molecule has 0 radical (unpaired) electrons. The van der Waals surface area contributed by atoms with E-state index in [0.717, 1.165) is 54.8 Å². The van der Waals surface area contributed by atoms with Crippen LogP contribution in [0.4, 0.5) is 22.9 Å². The molecule has 6 nitrogen and oxygen atoms in total. The summed E-state index contributed by atoms with van der Waals surface area (Å²) in [5, 5.41) is 3.35. The van der Waals surface area contributed by atoms with E-state index in [9.17, 15) is 0 Å². The molecule has 0 amide bonds. The van der Waals surface area contributed by atoms with Crippen LogP contribution in [-0.4, -0.2) is 31.3 Å². The van der Waals surface area contributed by atoms with Crippen LogP contribution in [0.2, 0.25) is 0 Å². The minimum atomic E-state index is 0.486. The smallest absolute Gasteiger partial charge is 0.143 e. The fourth-order valence-electron chi connectivity index (χ4n) is 2.88. The number of anilines is 4. The molecule has 3 heterocycles. The van der Waals surface area contributed by atoms with Gasteiger partial charge < -0.3 is 25.4 Å². The molecule has 0 spiro atoms. The topological polar surface area (TPSA) is 72.6 Å². The van der Waals surface area contributed by atoms with E-state index in [4.69, 9.17) is 15.2 Å². The van der Waals surface area contributed by atoms with Crippen molar-refractivity contribution in [3.63, 3.8) is 0 Å². The largest absolute Gasteiger partial charge is 0.486 e. The van der Waals surface area contributed by atoms with Gasteiger partial charge in [0.25, 0.3) is 0 Å². The minimum absolute atomic E-state index is 0.486. The number of nitrogens with two attached hydrogens (primary N) is 1. The van der Waals surface area contributed by atoms with Crippen molar-refractivity contribution in [1.82, 2.24) is 4.98 Å². The summed E-state index contributed by atoms with van der Waals surface area (Å²) in [4.78, 5) is 6.79. The van der Waals surface area contributed by atoms with Gasteiger partial charge in [-0.15, -0.1) is 0 Å². The highest BCUT2D eigenvalue weighted by Crippen LogP contribution is 2.37. The highest BCUT2D eigenvalue weighted by Gasteiger charge is 2.21. The second kappa shape index (κ2) is 5.38. The molecule has 6 heteroatoms. The number of morpholine rings is 1. The number of nitrogen functional groups attached to an aromatic ring is 1. The Labute approximate surface area is 128 Å². The second-order valence-electron chi connectivity index (χ2n) is 5.43. The van der Waals surface area contributed by atoms with Gasteiger partial charge in [-0.3, -0.25) is 0 Å². The van der Waals surface area contributed by atoms with Crippen molar-refractivity contribution < 1.29 is 9.47 Å². The van der Waals surface area contributed by atoms with Gasteiger partial charge in [0.05, 0.1) is 24.5 Å². The molecule has 0 aliphatic carbocycles. The van der Waals surface area contributed by atoms with Gasteiger partial charge in [-0.05, 0) is 24.3 Å². The van der Waals surface area contributed by atoms with Crippen molar-refractivity contribution in [1.29, 1.82) is 0 Å². The van der Waals surface area contributed by atoms with E-state index in [1.54, 1.807) is 0 Å². The number of fused-ring (bicyclic) bond motifs is 2. The predicted octanol–water partition coefficient (Wildman–Crippen LogP) is 2.14. The molecule has 2 aromatic rings. The Morgan fingerprint density at radius 3 is 2.91 bits per heavy atom. The number of ether oxygens (including phenoxy) is 2. The molecular formula is C16H18N4O2. The first-order chi connectivity index (χ1) is 10.8. The molecule has 0 unspecified atom stereocenters. The number of hydrogen-bond donors (Lipinski definition) is 2. The number of aromatic nitrogens is 1. The Morgan fingerprint density at radius 1 is 1.18 bits per heavy atom. The van der Waals surface area contributed by atoms with Gasteiger partial charge in [0.1, 0.15) is 18.2 Å². The first-order valence-electron chi connectivity index (χ1n) is 7.41. The fraction of sp³-hybridized carbons (Fsp3) is 0.312. The van der Waals surface area contributed by atoms with Gasteiger partial charge in [-0.25, -0.2) is 4.98 Å². The van der Waals surface area contributed by atoms with Crippen molar-refractivity contribution in [3.8, 4) is 5.75 Å². The Kier molecular flexibility index (Phi) is 3.23. The molecule has 2 aliphatic rings. The number of rotatable bonds is 1. The summed E-state index contributed by atoms with van der Waals surface area (Å²) in [6, 6.07) is 7.64. The average Bonchev–Trinajstić information content (AvgIpc) is 2.74. The molecule has 1 saturated heterocycles. The Balaban J connectivity index is 1.73. The van der Waals surface area contributed by atoms with E-state index < -0.39 is 0 Å². The van der Waals surface area contributed by atoms with Gasteiger partial charge in [0, 0.05) is 30.7 Å². The first kappa shape index (κ1) is 13.2. The van der Waals surface area contributed by atoms with Crippen molar-refractivity contribution in [2.75, 3.05) is 42.3 Å². The van der Waals surface area contributed by atoms with Crippen LogP contribution in [0.15, 0.2) is 30.5 Å². The number of nitrogens with zero attached hydrogens (tertiary/aromatic N) is 2. The Bertz CT molecular complexity index is 699. The van der Waals surface area contributed by atoms with Crippen molar-refractivity contribution >= 4 is 22.9 Å². The normalized spacial score (nSPS) is 16.8. The molecule has 0 bridgehead atoms. The van der Waals surface area contributed by atoms with Crippen molar-refractivity contribution in [2.24, 2.45) is 0 Å². The lowest BCUT2D eigenvalue weighted by Gasteiger charge is -2.30. The molecular weight excluding hydrogens is 280 g/mol. The van der Waals surface area contributed by atoms with E-state index in [2.05, 4.69) is 15.2 Å². The van der Waals surface area contributed by atoms with Gasteiger partial charge >= 0.3 is 0 Å². The maximum atomic E-state index is 5.95. The van der Waals surface area contributed by atoms with Gasteiger partial charge in [-0.1, -0.05) is 0 Å². The van der Waals surface area contributed by atoms with Crippen molar-refractivity contribution in [3.05, 3.63) is 36.0 Å². The van der Waals surface area contributed by atoms with Crippen LogP contribution in [0.25, 0.3) is 0 Å². The summed E-state index contributed by atoms with van der Waals surface area (Å²) in [7, 11) is 0. The van der Waals surface area contributed by atoms with Crippen LogP contribution in [0.1, 0.15) is 5.56 Å². The minimum Gasteiger partial charge on any atom is -0.486 e. The maximum Gasteiger partial charge on any atom is 0.143 e. The summed E-state index contributed by atoms with van der Waals surface area (Å²) in [5.41, 5.74) is 9.63. The van der Waals surface area contributed by atoms with Crippen LogP contribution in [0, 0.1) is 0 Å².